The van der Waals surface area contributed by atoms with Gasteiger partial charge < -0.3 is 10.3 Å². The van der Waals surface area contributed by atoms with Crippen LogP contribution in [0.5, 0.6) is 0 Å². The molecule has 0 aliphatic heterocycles. The number of aryl methyl sites for hydroxylation is 1. The molecule has 4 nitrogen and oxygen atoms in total. The highest BCUT2D eigenvalue weighted by molar-refractivity contribution is 6.30. The zero-order valence-electron chi connectivity index (χ0n) is 14.2. The van der Waals surface area contributed by atoms with E-state index in [-0.39, 0.29) is 18.2 Å². The molecule has 0 saturated heterocycles. The fraction of sp³-hybridized carbons (Fsp3) is 0.143. The molecule has 0 radical (unpaired) electrons. The van der Waals surface area contributed by atoms with Gasteiger partial charge in [-0.1, -0.05) is 59.2 Å². The second-order valence-electron chi connectivity index (χ2n) is 6.42. The summed E-state index contributed by atoms with van der Waals surface area (Å²) in [6.45, 7) is 1.91. The minimum absolute atomic E-state index is 0.159. The number of aromatic nitrogens is 1. The number of amides is 1. The van der Waals surface area contributed by atoms with Crippen LogP contribution >= 0.6 is 11.6 Å². The fourth-order valence-corrected chi connectivity index (χ4v) is 3.65. The molecule has 0 bridgehead atoms. The number of halogens is 1. The molecule has 1 aliphatic carbocycles. The normalized spacial score (nSPS) is 15.6. The number of allylic oxidation sites excluding steroid dienone is 1. The highest BCUT2D eigenvalue weighted by Gasteiger charge is 2.29. The molecule has 1 amide bonds. The van der Waals surface area contributed by atoms with Gasteiger partial charge in [-0.15, -0.1) is 0 Å². The zero-order chi connectivity index (χ0) is 18.3. The van der Waals surface area contributed by atoms with E-state index in [4.69, 9.17) is 21.9 Å². The van der Waals surface area contributed by atoms with Crippen LogP contribution in [0.3, 0.4) is 0 Å². The van der Waals surface area contributed by atoms with Crippen molar-refractivity contribution in [3.05, 3.63) is 82.2 Å². The molecule has 0 saturated carbocycles. The van der Waals surface area contributed by atoms with Crippen LogP contribution in [0, 0.1) is 6.92 Å². The standard InChI is InChI=1S/C21H17ClN2O2/c1-12-20-17-5-3-2-4-16(17)18(13-6-8-15(22)9-7-13)10-14(11-19(23)25)21(20)26-24-12/h2-10,14H,11H2,1H3,(H2,23,25)/t14-/m0/s1. The Morgan fingerprint density at radius 3 is 2.54 bits per heavy atom. The molecule has 1 aromatic heterocycles. The number of nitrogens with zero attached hydrogens (tertiary/aromatic N) is 1. The van der Waals surface area contributed by atoms with Gasteiger partial charge >= 0.3 is 0 Å². The number of carbonyl (C=O) groups is 1. The molecule has 0 unspecified atom stereocenters. The molecule has 1 aliphatic rings. The summed E-state index contributed by atoms with van der Waals surface area (Å²) in [6.07, 6.45) is 2.20. The van der Waals surface area contributed by atoms with Gasteiger partial charge in [0.1, 0.15) is 0 Å². The number of fused-ring (bicyclic) bond motifs is 3. The lowest BCUT2D eigenvalue weighted by Gasteiger charge is -2.12. The Balaban J connectivity index is 1.99. The van der Waals surface area contributed by atoms with Crippen LogP contribution in [0.15, 0.2) is 59.1 Å². The van der Waals surface area contributed by atoms with Gasteiger partial charge in [-0.05, 0) is 41.3 Å². The summed E-state index contributed by atoms with van der Waals surface area (Å²) in [5.41, 5.74) is 11.4. The molecular formula is C21H17ClN2O2. The van der Waals surface area contributed by atoms with Gasteiger partial charge in [-0.3, -0.25) is 4.79 Å². The van der Waals surface area contributed by atoms with Crippen molar-refractivity contribution in [2.75, 3.05) is 0 Å². The second-order valence-corrected chi connectivity index (χ2v) is 6.85. The van der Waals surface area contributed by atoms with Crippen molar-refractivity contribution in [2.24, 2.45) is 5.73 Å². The first-order chi connectivity index (χ1) is 12.5. The Morgan fingerprint density at radius 1 is 1.15 bits per heavy atom. The third-order valence-electron chi connectivity index (χ3n) is 4.66. The molecule has 1 atom stereocenters. The lowest BCUT2D eigenvalue weighted by Crippen LogP contribution is -2.14. The first-order valence-electron chi connectivity index (χ1n) is 8.36. The smallest absolute Gasteiger partial charge is 0.218 e. The van der Waals surface area contributed by atoms with Crippen LogP contribution in [-0.4, -0.2) is 11.1 Å². The maximum Gasteiger partial charge on any atom is 0.218 e. The Kier molecular flexibility index (Phi) is 4.13. The number of carbonyl (C=O) groups excluding carboxylic acids is 1. The van der Waals surface area contributed by atoms with E-state index < -0.39 is 0 Å². The van der Waals surface area contributed by atoms with E-state index in [0.29, 0.717) is 10.8 Å². The molecule has 0 spiro atoms. The largest absolute Gasteiger partial charge is 0.370 e. The molecule has 4 rings (SSSR count). The van der Waals surface area contributed by atoms with Crippen LogP contribution in [0.2, 0.25) is 5.02 Å². The summed E-state index contributed by atoms with van der Waals surface area (Å²) in [5, 5.41) is 4.81. The highest BCUT2D eigenvalue weighted by atomic mass is 35.5. The molecule has 2 aromatic carbocycles. The van der Waals surface area contributed by atoms with Crippen molar-refractivity contribution in [3.8, 4) is 11.1 Å². The number of primary amides is 1. The van der Waals surface area contributed by atoms with Crippen molar-refractivity contribution in [3.63, 3.8) is 0 Å². The van der Waals surface area contributed by atoms with E-state index in [1.54, 1.807) is 0 Å². The topological polar surface area (TPSA) is 69.1 Å². The van der Waals surface area contributed by atoms with E-state index in [9.17, 15) is 4.79 Å². The fourth-order valence-electron chi connectivity index (χ4n) is 3.52. The van der Waals surface area contributed by atoms with Gasteiger partial charge in [-0.25, -0.2) is 0 Å². The van der Waals surface area contributed by atoms with Crippen LogP contribution in [0.4, 0.5) is 0 Å². The molecule has 3 aromatic rings. The lowest BCUT2D eigenvalue weighted by atomic mass is 9.92. The molecule has 5 heteroatoms. The Morgan fingerprint density at radius 2 is 1.85 bits per heavy atom. The Bertz CT molecular complexity index is 1020. The van der Waals surface area contributed by atoms with Crippen LogP contribution in [-0.2, 0) is 4.79 Å². The summed E-state index contributed by atoms with van der Waals surface area (Å²) >= 11 is 6.05. The van der Waals surface area contributed by atoms with E-state index in [1.165, 1.54) is 0 Å². The summed E-state index contributed by atoms with van der Waals surface area (Å²) in [5.74, 6) is 0.0205. The molecule has 1 heterocycles. The number of nitrogens with two attached hydrogens (primary N) is 1. The van der Waals surface area contributed by atoms with E-state index in [1.807, 2.05) is 49.4 Å². The Labute approximate surface area is 156 Å². The molecule has 130 valence electrons. The predicted molar refractivity (Wildman–Crippen MR) is 102 cm³/mol. The van der Waals surface area contributed by atoms with Crippen molar-refractivity contribution in [1.29, 1.82) is 0 Å². The molecular weight excluding hydrogens is 348 g/mol. The Hall–Kier alpha value is -2.85. The average molecular weight is 365 g/mol. The van der Waals surface area contributed by atoms with Crippen LogP contribution in [0.25, 0.3) is 16.7 Å². The van der Waals surface area contributed by atoms with Gasteiger partial charge in [0.05, 0.1) is 5.69 Å². The molecule has 2 N–H and O–H groups in total. The van der Waals surface area contributed by atoms with Crippen LogP contribution in [0.1, 0.15) is 34.9 Å². The van der Waals surface area contributed by atoms with Gasteiger partial charge in [0, 0.05) is 22.9 Å². The van der Waals surface area contributed by atoms with Crippen molar-refractivity contribution in [1.82, 2.24) is 5.16 Å². The molecule has 0 fully saturated rings. The minimum Gasteiger partial charge on any atom is -0.370 e. The van der Waals surface area contributed by atoms with Crippen molar-refractivity contribution >= 4 is 23.1 Å². The maximum atomic E-state index is 11.7. The summed E-state index contributed by atoms with van der Waals surface area (Å²) in [7, 11) is 0. The average Bonchev–Trinajstić information content (AvgIpc) is 2.94. The maximum absolute atomic E-state index is 11.7. The quantitative estimate of drug-likeness (QED) is 0.731. The third kappa shape index (κ3) is 2.82. The lowest BCUT2D eigenvalue weighted by molar-refractivity contribution is -0.118. The van der Waals surface area contributed by atoms with Crippen molar-refractivity contribution in [2.45, 2.75) is 19.3 Å². The summed E-state index contributed by atoms with van der Waals surface area (Å²) in [6, 6.07) is 15.8. The predicted octanol–water partition coefficient (Wildman–Crippen LogP) is 4.71. The monoisotopic (exact) mass is 364 g/mol. The van der Waals surface area contributed by atoms with Gasteiger partial charge in [0.25, 0.3) is 0 Å². The second kappa shape index (κ2) is 6.46. The summed E-state index contributed by atoms with van der Waals surface area (Å²) in [4.78, 5) is 11.7. The van der Waals surface area contributed by atoms with Gasteiger partial charge in [-0.2, -0.15) is 0 Å². The van der Waals surface area contributed by atoms with Gasteiger partial charge in [0.2, 0.25) is 5.91 Å². The van der Waals surface area contributed by atoms with Gasteiger partial charge in [0.15, 0.2) is 5.76 Å². The van der Waals surface area contributed by atoms with E-state index in [0.717, 1.165) is 33.5 Å². The zero-order valence-corrected chi connectivity index (χ0v) is 15.0. The first-order valence-corrected chi connectivity index (χ1v) is 8.74. The minimum atomic E-state index is -0.382. The number of hydrogen-bond donors (Lipinski definition) is 1. The number of hydrogen-bond acceptors (Lipinski definition) is 3. The van der Waals surface area contributed by atoms with Crippen molar-refractivity contribution < 1.29 is 9.32 Å². The van der Waals surface area contributed by atoms with E-state index in [2.05, 4.69) is 17.3 Å². The number of benzene rings is 2. The third-order valence-corrected chi connectivity index (χ3v) is 4.91. The number of rotatable bonds is 3. The highest BCUT2D eigenvalue weighted by Crippen LogP contribution is 2.44. The van der Waals surface area contributed by atoms with E-state index >= 15 is 0 Å². The summed E-state index contributed by atoms with van der Waals surface area (Å²) < 4.78 is 5.62. The molecule has 26 heavy (non-hydrogen) atoms. The van der Waals surface area contributed by atoms with Crippen LogP contribution < -0.4 is 5.73 Å². The first kappa shape index (κ1) is 16.6. The SMILES string of the molecule is Cc1noc2c1-c1ccccc1C(c1ccc(Cl)cc1)=C[C@H]2CC(N)=O.